The van der Waals surface area contributed by atoms with Crippen LogP contribution in [0.15, 0.2) is 23.4 Å². The topological polar surface area (TPSA) is 83.6 Å². The van der Waals surface area contributed by atoms with Crippen LogP contribution in [0.3, 0.4) is 0 Å². The molecule has 108 valence electrons. The lowest BCUT2D eigenvalue weighted by molar-refractivity contribution is 0.651. The summed E-state index contributed by atoms with van der Waals surface area (Å²) in [5.74, 6) is 0.641. The van der Waals surface area contributed by atoms with E-state index in [1.807, 2.05) is 19.9 Å². The molecule has 0 saturated heterocycles. The monoisotopic (exact) mass is 301 g/mol. The van der Waals surface area contributed by atoms with Crippen LogP contribution < -0.4 is 10.9 Å². The predicted octanol–water partition coefficient (Wildman–Crippen LogP) is 1.68. The largest absolute Gasteiger partial charge is 0.309 e. The summed E-state index contributed by atoms with van der Waals surface area (Å²) >= 11 is 1.56. The molecule has 0 fully saturated rings. The molecule has 7 heteroatoms. The van der Waals surface area contributed by atoms with Crippen molar-refractivity contribution in [1.29, 1.82) is 0 Å². The standard InChI is InChI=1S/C14H15N5OS/c1-8-9(2)21-14-12(8)13(20)18-11(19-14)6-16-5-10-3-4-15-7-17-10/h3-4,7,16H,5-6H2,1-2H3,(H,18,19,20). The number of nitrogens with one attached hydrogen (secondary N) is 2. The molecule has 0 unspecified atom stereocenters. The highest BCUT2D eigenvalue weighted by Gasteiger charge is 2.11. The number of H-pyrrole nitrogens is 1. The molecule has 0 aliphatic rings. The van der Waals surface area contributed by atoms with Crippen molar-refractivity contribution in [1.82, 2.24) is 25.3 Å². The molecule has 3 aromatic rings. The number of hydrogen-bond acceptors (Lipinski definition) is 6. The first-order valence-corrected chi connectivity index (χ1v) is 7.41. The van der Waals surface area contributed by atoms with Gasteiger partial charge in [0.25, 0.3) is 5.56 Å². The quantitative estimate of drug-likeness (QED) is 0.766. The molecule has 6 nitrogen and oxygen atoms in total. The second-order valence-electron chi connectivity index (χ2n) is 4.78. The van der Waals surface area contributed by atoms with Crippen LogP contribution in [-0.2, 0) is 13.1 Å². The number of fused-ring (bicyclic) bond motifs is 1. The summed E-state index contributed by atoms with van der Waals surface area (Å²) < 4.78 is 0. The third kappa shape index (κ3) is 2.84. The Morgan fingerprint density at radius 2 is 2.19 bits per heavy atom. The van der Waals surface area contributed by atoms with Crippen LogP contribution in [0.4, 0.5) is 0 Å². The first-order valence-electron chi connectivity index (χ1n) is 6.59. The van der Waals surface area contributed by atoms with E-state index in [1.54, 1.807) is 17.5 Å². The average molecular weight is 301 g/mol. The molecule has 3 heterocycles. The van der Waals surface area contributed by atoms with Gasteiger partial charge in [0.1, 0.15) is 17.0 Å². The normalized spacial score (nSPS) is 11.1. The van der Waals surface area contributed by atoms with E-state index in [0.29, 0.717) is 24.3 Å². The summed E-state index contributed by atoms with van der Waals surface area (Å²) in [6.45, 7) is 5.06. The van der Waals surface area contributed by atoms with E-state index < -0.39 is 0 Å². The number of hydrogen-bond donors (Lipinski definition) is 2. The van der Waals surface area contributed by atoms with Gasteiger partial charge in [-0.3, -0.25) is 4.79 Å². The highest BCUT2D eigenvalue weighted by molar-refractivity contribution is 7.18. The number of aromatic amines is 1. The Labute approximate surface area is 125 Å². The van der Waals surface area contributed by atoms with E-state index in [2.05, 4.69) is 25.3 Å². The van der Waals surface area contributed by atoms with Crippen molar-refractivity contribution in [2.75, 3.05) is 0 Å². The first kappa shape index (κ1) is 13.8. The van der Waals surface area contributed by atoms with Crippen molar-refractivity contribution in [3.63, 3.8) is 0 Å². The molecular weight excluding hydrogens is 286 g/mol. The Balaban J connectivity index is 1.77. The van der Waals surface area contributed by atoms with E-state index in [4.69, 9.17) is 0 Å². The zero-order chi connectivity index (χ0) is 14.8. The molecule has 2 N–H and O–H groups in total. The van der Waals surface area contributed by atoms with Crippen LogP contribution in [0.1, 0.15) is 22.0 Å². The zero-order valence-corrected chi connectivity index (χ0v) is 12.6. The SMILES string of the molecule is Cc1sc2nc(CNCc3ccncn3)[nH]c(=O)c2c1C. The van der Waals surface area contributed by atoms with Gasteiger partial charge >= 0.3 is 0 Å². The lowest BCUT2D eigenvalue weighted by Gasteiger charge is -2.03. The lowest BCUT2D eigenvalue weighted by atomic mass is 10.2. The number of nitrogens with zero attached hydrogens (tertiary/aromatic N) is 3. The van der Waals surface area contributed by atoms with Crippen LogP contribution in [0, 0.1) is 13.8 Å². The maximum Gasteiger partial charge on any atom is 0.259 e. The van der Waals surface area contributed by atoms with Crippen molar-refractivity contribution in [2.24, 2.45) is 0 Å². The van der Waals surface area contributed by atoms with Crippen molar-refractivity contribution in [2.45, 2.75) is 26.9 Å². The molecule has 0 amide bonds. The van der Waals surface area contributed by atoms with Gasteiger partial charge in [0, 0.05) is 17.6 Å². The molecule has 0 bridgehead atoms. The molecule has 0 saturated carbocycles. The molecular formula is C14H15N5OS. The third-order valence-electron chi connectivity index (χ3n) is 3.33. The Morgan fingerprint density at radius 1 is 1.33 bits per heavy atom. The maximum atomic E-state index is 12.1. The lowest BCUT2D eigenvalue weighted by Crippen LogP contribution is -2.19. The van der Waals surface area contributed by atoms with Crippen molar-refractivity contribution >= 4 is 21.6 Å². The number of thiophene rings is 1. The maximum absolute atomic E-state index is 12.1. The number of aromatic nitrogens is 4. The number of aryl methyl sites for hydroxylation is 2. The fraction of sp³-hybridized carbons (Fsp3) is 0.286. The van der Waals surface area contributed by atoms with Crippen molar-refractivity contribution < 1.29 is 0 Å². The Bertz CT molecular complexity index is 824. The number of rotatable bonds is 4. The highest BCUT2D eigenvalue weighted by atomic mass is 32.1. The van der Waals surface area contributed by atoms with Gasteiger partial charge in [0.15, 0.2) is 0 Å². The van der Waals surface area contributed by atoms with Gasteiger partial charge in [-0.05, 0) is 25.5 Å². The van der Waals surface area contributed by atoms with E-state index in [0.717, 1.165) is 21.0 Å². The van der Waals surface area contributed by atoms with Crippen LogP contribution in [-0.4, -0.2) is 19.9 Å². The molecule has 3 aromatic heterocycles. The third-order valence-corrected chi connectivity index (χ3v) is 4.43. The molecule has 0 spiro atoms. The molecule has 0 atom stereocenters. The molecule has 0 aromatic carbocycles. The fourth-order valence-corrected chi connectivity index (χ4v) is 3.16. The summed E-state index contributed by atoms with van der Waals surface area (Å²) in [6.07, 6.45) is 3.22. The van der Waals surface area contributed by atoms with Crippen LogP contribution in [0.5, 0.6) is 0 Å². The van der Waals surface area contributed by atoms with Crippen LogP contribution >= 0.6 is 11.3 Å². The molecule has 0 aliphatic carbocycles. The van der Waals surface area contributed by atoms with Gasteiger partial charge < -0.3 is 10.3 Å². The summed E-state index contributed by atoms with van der Waals surface area (Å²) in [5.41, 5.74) is 1.85. The van der Waals surface area contributed by atoms with Crippen LogP contribution in [0.25, 0.3) is 10.2 Å². The summed E-state index contributed by atoms with van der Waals surface area (Å²) in [6, 6.07) is 1.85. The van der Waals surface area contributed by atoms with E-state index in [1.165, 1.54) is 6.33 Å². The summed E-state index contributed by atoms with van der Waals surface area (Å²) in [5, 5.41) is 3.92. The van der Waals surface area contributed by atoms with Crippen molar-refractivity contribution in [3.8, 4) is 0 Å². The van der Waals surface area contributed by atoms with Gasteiger partial charge in [-0.15, -0.1) is 11.3 Å². The fourth-order valence-electron chi connectivity index (χ4n) is 2.11. The van der Waals surface area contributed by atoms with Crippen molar-refractivity contribution in [3.05, 3.63) is 50.9 Å². The van der Waals surface area contributed by atoms with Gasteiger partial charge in [-0.25, -0.2) is 15.0 Å². The zero-order valence-electron chi connectivity index (χ0n) is 11.8. The van der Waals surface area contributed by atoms with Crippen LogP contribution in [0.2, 0.25) is 0 Å². The molecule has 0 radical (unpaired) electrons. The van der Waals surface area contributed by atoms with E-state index in [9.17, 15) is 4.79 Å². The van der Waals surface area contributed by atoms with Gasteiger partial charge in [0.05, 0.1) is 17.6 Å². The Hall–Kier alpha value is -2.12. The second kappa shape index (κ2) is 5.71. The Kier molecular flexibility index (Phi) is 3.76. The summed E-state index contributed by atoms with van der Waals surface area (Å²) in [4.78, 5) is 29.4. The summed E-state index contributed by atoms with van der Waals surface area (Å²) in [7, 11) is 0. The van der Waals surface area contributed by atoms with Gasteiger partial charge in [0.2, 0.25) is 0 Å². The van der Waals surface area contributed by atoms with Gasteiger partial charge in [-0.2, -0.15) is 0 Å². The molecule has 3 rings (SSSR count). The van der Waals surface area contributed by atoms with E-state index >= 15 is 0 Å². The van der Waals surface area contributed by atoms with E-state index in [-0.39, 0.29) is 5.56 Å². The molecule has 0 aliphatic heterocycles. The predicted molar refractivity (Wildman–Crippen MR) is 82.3 cm³/mol. The highest BCUT2D eigenvalue weighted by Crippen LogP contribution is 2.25. The molecule has 21 heavy (non-hydrogen) atoms. The minimum Gasteiger partial charge on any atom is -0.309 e. The smallest absolute Gasteiger partial charge is 0.259 e. The minimum absolute atomic E-state index is 0.0688. The average Bonchev–Trinajstić information content (AvgIpc) is 2.75. The Morgan fingerprint density at radius 3 is 2.95 bits per heavy atom. The second-order valence-corrected chi connectivity index (χ2v) is 5.98. The minimum atomic E-state index is -0.0688. The van der Waals surface area contributed by atoms with Gasteiger partial charge in [-0.1, -0.05) is 0 Å². The first-order chi connectivity index (χ1) is 10.1.